The molecule has 8 nitrogen and oxygen atoms in total. The fourth-order valence-corrected chi connectivity index (χ4v) is 4.76. The number of nitrogens with zero attached hydrogens (tertiary/aromatic N) is 4. The summed E-state index contributed by atoms with van der Waals surface area (Å²) in [4.78, 5) is 27.1. The van der Waals surface area contributed by atoms with Crippen LogP contribution in [0.1, 0.15) is 28.0 Å². The van der Waals surface area contributed by atoms with Crippen LogP contribution in [0.25, 0.3) is 10.6 Å². The lowest BCUT2D eigenvalue weighted by atomic mass is 10.1. The van der Waals surface area contributed by atoms with E-state index in [2.05, 4.69) is 10.2 Å². The minimum absolute atomic E-state index is 0.0727. The molecular formula is C20H16F2N4O4S. The van der Waals surface area contributed by atoms with E-state index in [0.29, 0.717) is 11.6 Å². The van der Waals surface area contributed by atoms with Gasteiger partial charge in [-0.15, -0.1) is 10.2 Å². The molecule has 1 N–H and O–H groups in total. The number of benzene rings is 1. The molecule has 0 aliphatic carbocycles. The molecule has 0 radical (unpaired) electrons. The molecule has 2 aromatic heterocycles. The van der Waals surface area contributed by atoms with E-state index in [1.54, 1.807) is 0 Å². The topological polar surface area (TPSA) is 97.5 Å². The van der Waals surface area contributed by atoms with Gasteiger partial charge in [0.1, 0.15) is 16.6 Å². The molecule has 5 rings (SSSR count). The van der Waals surface area contributed by atoms with E-state index in [0.717, 1.165) is 23.5 Å². The molecule has 0 bridgehead atoms. The fraction of sp³-hybridized carbons (Fsp3) is 0.300. The molecule has 31 heavy (non-hydrogen) atoms. The first-order valence-electron chi connectivity index (χ1n) is 9.51. The van der Waals surface area contributed by atoms with Crippen molar-refractivity contribution >= 4 is 17.2 Å². The van der Waals surface area contributed by atoms with Gasteiger partial charge in [-0.1, -0.05) is 17.4 Å². The minimum Gasteiger partial charge on any atom is -0.503 e. The molecule has 1 aromatic carbocycles. The molecule has 2 atom stereocenters. The first-order valence-corrected chi connectivity index (χ1v) is 10.3. The van der Waals surface area contributed by atoms with Crippen LogP contribution >= 0.6 is 11.3 Å². The van der Waals surface area contributed by atoms with Crippen LogP contribution in [-0.4, -0.2) is 49.6 Å². The van der Waals surface area contributed by atoms with Crippen LogP contribution in [0.3, 0.4) is 0 Å². The van der Waals surface area contributed by atoms with Gasteiger partial charge in [-0.25, -0.2) is 8.78 Å². The number of hydrogen-bond acceptors (Lipinski definition) is 7. The summed E-state index contributed by atoms with van der Waals surface area (Å²) < 4.78 is 34.2. The van der Waals surface area contributed by atoms with E-state index >= 15 is 0 Å². The zero-order valence-electron chi connectivity index (χ0n) is 16.2. The Morgan fingerprint density at radius 2 is 2.10 bits per heavy atom. The lowest BCUT2D eigenvalue weighted by molar-refractivity contribution is 0.00638. The smallest absolute Gasteiger partial charge is 0.276 e. The van der Waals surface area contributed by atoms with Gasteiger partial charge < -0.3 is 19.3 Å². The summed E-state index contributed by atoms with van der Waals surface area (Å²) in [5.41, 5.74) is -0.494. The van der Waals surface area contributed by atoms with Gasteiger partial charge in [-0.05, 0) is 18.6 Å². The second kappa shape index (κ2) is 7.20. The predicted octanol–water partition coefficient (Wildman–Crippen LogP) is 2.14. The Hall–Kier alpha value is -3.18. The molecule has 3 aromatic rings. The number of carbonyl (C=O) groups is 1. The molecule has 0 saturated carbocycles. The standard InChI is InChI=1S/C20H16F2N4O4S/c1-9-8-30-15-7-25-6-12(17(27)18(28)16(25)20(29)26(9)15)19-24-23-14(31-19)4-10-2-3-11(21)5-13(10)22/h2-3,5-6,9,15,28H,4,7-8H2,1H3/t9-,15+/m0/s1. The number of halogens is 2. The number of aromatic nitrogens is 3. The SMILES string of the molecule is C[C@H]1CO[C@@H]2Cn3cc(-c4nnc(Cc5ccc(F)cc5F)s4)c(=O)c(O)c3C(=O)N12. The van der Waals surface area contributed by atoms with Crippen LogP contribution < -0.4 is 5.43 Å². The van der Waals surface area contributed by atoms with E-state index in [4.69, 9.17) is 4.74 Å². The molecule has 1 amide bonds. The van der Waals surface area contributed by atoms with Gasteiger partial charge in [0.05, 0.1) is 24.8 Å². The number of fused-ring (bicyclic) bond motifs is 2. The summed E-state index contributed by atoms with van der Waals surface area (Å²) in [5.74, 6) is -2.49. The van der Waals surface area contributed by atoms with Crippen molar-refractivity contribution in [1.29, 1.82) is 0 Å². The van der Waals surface area contributed by atoms with Crippen molar-refractivity contribution in [2.24, 2.45) is 0 Å². The summed E-state index contributed by atoms with van der Waals surface area (Å²) in [6.07, 6.45) is 1.06. The monoisotopic (exact) mass is 446 g/mol. The van der Waals surface area contributed by atoms with Crippen molar-refractivity contribution in [2.45, 2.75) is 32.2 Å². The molecule has 160 valence electrons. The lowest BCUT2D eigenvalue weighted by Crippen LogP contribution is -2.48. The average molecular weight is 446 g/mol. The maximum atomic E-state index is 13.9. The number of carbonyl (C=O) groups excluding carboxylic acids is 1. The van der Waals surface area contributed by atoms with Gasteiger partial charge in [0.25, 0.3) is 5.91 Å². The van der Waals surface area contributed by atoms with E-state index in [-0.39, 0.29) is 40.8 Å². The van der Waals surface area contributed by atoms with Crippen molar-refractivity contribution < 1.29 is 23.4 Å². The van der Waals surface area contributed by atoms with Crippen LogP contribution in [-0.2, 0) is 17.7 Å². The second-order valence-corrected chi connectivity index (χ2v) is 8.55. The lowest BCUT2D eigenvalue weighted by Gasteiger charge is -2.33. The van der Waals surface area contributed by atoms with Crippen LogP contribution in [0.15, 0.2) is 29.2 Å². The molecule has 11 heteroatoms. The van der Waals surface area contributed by atoms with Gasteiger partial charge in [-0.2, -0.15) is 0 Å². The van der Waals surface area contributed by atoms with Crippen molar-refractivity contribution in [2.75, 3.05) is 6.61 Å². The first kappa shape index (κ1) is 19.8. The predicted molar refractivity (Wildman–Crippen MR) is 106 cm³/mol. The molecule has 0 unspecified atom stereocenters. The third kappa shape index (κ3) is 3.20. The minimum atomic E-state index is -0.735. The highest BCUT2D eigenvalue weighted by molar-refractivity contribution is 7.14. The van der Waals surface area contributed by atoms with Crippen molar-refractivity contribution in [3.8, 4) is 16.3 Å². The van der Waals surface area contributed by atoms with Crippen molar-refractivity contribution in [3.63, 3.8) is 0 Å². The van der Waals surface area contributed by atoms with E-state index in [1.807, 2.05) is 6.92 Å². The summed E-state index contributed by atoms with van der Waals surface area (Å²) in [5, 5.41) is 19.1. The normalized spacial score (nSPS) is 20.1. The van der Waals surface area contributed by atoms with Crippen LogP contribution in [0.2, 0.25) is 0 Å². The van der Waals surface area contributed by atoms with E-state index in [9.17, 15) is 23.5 Å². The molecular weight excluding hydrogens is 430 g/mol. The number of pyridine rings is 1. The zero-order valence-corrected chi connectivity index (χ0v) is 17.0. The van der Waals surface area contributed by atoms with Crippen LogP contribution in [0, 0.1) is 11.6 Å². The van der Waals surface area contributed by atoms with Crippen molar-refractivity contribution in [3.05, 3.63) is 62.5 Å². The quantitative estimate of drug-likeness (QED) is 0.662. The molecule has 0 spiro atoms. The Kier molecular flexibility index (Phi) is 4.59. The number of aromatic hydroxyl groups is 1. The second-order valence-electron chi connectivity index (χ2n) is 7.48. The highest BCUT2D eigenvalue weighted by Gasteiger charge is 2.42. The zero-order chi connectivity index (χ0) is 21.9. The van der Waals surface area contributed by atoms with Gasteiger partial charge in [0, 0.05) is 18.7 Å². The molecule has 2 aliphatic rings. The summed E-state index contributed by atoms with van der Waals surface area (Å²) >= 11 is 1.05. The number of amides is 1. The first-order chi connectivity index (χ1) is 14.8. The molecule has 1 fully saturated rings. The van der Waals surface area contributed by atoms with Crippen LogP contribution in [0.5, 0.6) is 5.75 Å². The van der Waals surface area contributed by atoms with Gasteiger partial charge in [0.2, 0.25) is 5.43 Å². The maximum Gasteiger partial charge on any atom is 0.276 e. The van der Waals surface area contributed by atoms with Gasteiger partial charge in [0.15, 0.2) is 22.7 Å². The summed E-state index contributed by atoms with van der Waals surface area (Å²) in [6.45, 7) is 2.48. The highest BCUT2D eigenvalue weighted by Crippen LogP contribution is 2.32. The van der Waals surface area contributed by atoms with Crippen LogP contribution in [0.4, 0.5) is 8.78 Å². The largest absolute Gasteiger partial charge is 0.503 e. The number of rotatable bonds is 3. The molecule has 4 heterocycles. The summed E-state index contributed by atoms with van der Waals surface area (Å²) in [7, 11) is 0. The van der Waals surface area contributed by atoms with E-state index in [1.165, 1.54) is 21.7 Å². The Labute approximate surface area is 178 Å². The van der Waals surface area contributed by atoms with Crippen molar-refractivity contribution in [1.82, 2.24) is 19.7 Å². The molecule has 2 aliphatic heterocycles. The van der Waals surface area contributed by atoms with Gasteiger partial charge >= 0.3 is 0 Å². The Bertz CT molecular complexity index is 1270. The van der Waals surface area contributed by atoms with Gasteiger partial charge in [-0.3, -0.25) is 9.59 Å². The molecule has 1 saturated heterocycles. The Morgan fingerprint density at radius 3 is 2.87 bits per heavy atom. The number of hydrogen-bond donors (Lipinski definition) is 1. The number of ether oxygens (including phenoxy) is 1. The van der Waals surface area contributed by atoms with E-state index < -0.39 is 34.9 Å². The average Bonchev–Trinajstić information content (AvgIpc) is 3.33. The third-order valence-electron chi connectivity index (χ3n) is 5.42. The third-order valence-corrected chi connectivity index (χ3v) is 6.37. The Morgan fingerprint density at radius 1 is 1.29 bits per heavy atom. The summed E-state index contributed by atoms with van der Waals surface area (Å²) in [6, 6.07) is 3.11. The Balaban J connectivity index is 1.51. The maximum absolute atomic E-state index is 13.9. The highest BCUT2D eigenvalue weighted by atomic mass is 32.1. The fourth-order valence-electron chi connectivity index (χ4n) is 3.89.